The molecule has 0 spiro atoms. The summed E-state index contributed by atoms with van der Waals surface area (Å²) in [4.78, 5) is 26.7. The summed E-state index contributed by atoms with van der Waals surface area (Å²) in [5.74, 6) is 0. The van der Waals surface area contributed by atoms with E-state index in [1.54, 1.807) is 17.7 Å². The Balaban J connectivity index is 1.63. The minimum atomic E-state index is -0.247. The lowest BCUT2D eigenvalue weighted by Gasteiger charge is -2.29. The van der Waals surface area contributed by atoms with Crippen LogP contribution in [0.4, 0.5) is 0 Å². The highest BCUT2D eigenvalue weighted by Crippen LogP contribution is 2.35. The van der Waals surface area contributed by atoms with Crippen molar-refractivity contribution < 1.29 is 0 Å². The molecule has 2 aliphatic carbocycles. The van der Waals surface area contributed by atoms with Crippen LogP contribution < -0.4 is 11.2 Å². The lowest BCUT2D eigenvalue weighted by molar-refractivity contribution is 0.177. The van der Waals surface area contributed by atoms with E-state index in [9.17, 15) is 9.59 Å². The highest BCUT2D eigenvalue weighted by atomic mass is 16.2. The van der Waals surface area contributed by atoms with Gasteiger partial charge in [-0.1, -0.05) is 24.3 Å². The highest BCUT2D eigenvalue weighted by molar-refractivity contribution is 5.33. The van der Waals surface area contributed by atoms with Gasteiger partial charge >= 0.3 is 5.69 Å². The van der Waals surface area contributed by atoms with Crippen LogP contribution in [0.5, 0.6) is 0 Å². The van der Waals surface area contributed by atoms with Crippen LogP contribution in [0.1, 0.15) is 29.7 Å². The maximum Gasteiger partial charge on any atom is 0.330 e. The quantitative estimate of drug-likeness (QED) is 0.849. The van der Waals surface area contributed by atoms with E-state index in [1.165, 1.54) is 31.0 Å². The third kappa shape index (κ3) is 2.63. The summed E-state index contributed by atoms with van der Waals surface area (Å²) in [7, 11) is 3.28. The standard InChI is InChI=1S/C19H23N3O2/c1-20-17(11-18(23)21(2)19(20)24)12-22(15-7-8-15)16-9-13-5-3-4-6-14(13)10-16/h3-6,11,15-16H,7-10,12H2,1-2H3. The number of rotatable bonds is 4. The number of hydrogen-bond donors (Lipinski definition) is 0. The van der Waals surface area contributed by atoms with Crippen LogP contribution in [0.15, 0.2) is 39.9 Å². The molecule has 0 radical (unpaired) electrons. The number of benzene rings is 1. The molecule has 24 heavy (non-hydrogen) atoms. The fourth-order valence-corrected chi connectivity index (χ4v) is 3.85. The molecule has 1 fully saturated rings. The fraction of sp³-hybridized carbons (Fsp3) is 0.474. The van der Waals surface area contributed by atoms with Crippen molar-refractivity contribution in [1.82, 2.24) is 14.0 Å². The maximum absolute atomic E-state index is 12.2. The van der Waals surface area contributed by atoms with E-state index in [0.29, 0.717) is 18.6 Å². The fourth-order valence-electron chi connectivity index (χ4n) is 3.85. The van der Waals surface area contributed by atoms with E-state index in [2.05, 4.69) is 29.2 Å². The monoisotopic (exact) mass is 325 g/mol. The van der Waals surface area contributed by atoms with Crippen LogP contribution in [0.25, 0.3) is 0 Å². The molecule has 2 aliphatic rings. The number of hydrogen-bond acceptors (Lipinski definition) is 3. The molecule has 1 heterocycles. The van der Waals surface area contributed by atoms with E-state index >= 15 is 0 Å². The average Bonchev–Trinajstić information content (AvgIpc) is 3.32. The summed E-state index contributed by atoms with van der Waals surface area (Å²) in [5.41, 5.74) is 3.21. The largest absolute Gasteiger partial charge is 0.330 e. The summed E-state index contributed by atoms with van der Waals surface area (Å²) < 4.78 is 2.77. The normalized spacial score (nSPS) is 17.5. The Kier molecular flexibility index (Phi) is 3.68. The van der Waals surface area contributed by atoms with Gasteiger partial charge in [-0.3, -0.25) is 18.8 Å². The first kappa shape index (κ1) is 15.4. The molecular formula is C19H23N3O2. The predicted octanol–water partition coefficient (Wildman–Crippen LogP) is 1.22. The number of aromatic nitrogens is 2. The van der Waals surface area contributed by atoms with Crippen LogP contribution in [-0.4, -0.2) is 26.1 Å². The summed E-state index contributed by atoms with van der Waals surface area (Å²) in [5, 5.41) is 0. The van der Waals surface area contributed by atoms with Crippen molar-refractivity contribution in [2.24, 2.45) is 14.1 Å². The van der Waals surface area contributed by atoms with Crippen molar-refractivity contribution in [1.29, 1.82) is 0 Å². The van der Waals surface area contributed by atoms with Crippen molar-refractivity contribution in [3.8, 4) is 0 Å². The Bertz CT molecular complexity index is 867. The molecular weight excluding hydrogens is 302 g/mol. The van der Waals surface area contributed by atoms with E-state index in [4.69, 9.17) is 0 Å². The Labute approximate surface area is 141 Å². The SMILES string of the molecule is Cn1c(CN(C2CC2)C2Cc3ccccc3C2)cc(=O)n(C)c1=O. The van der Waals surface area contributed by atoms with Crippen LogP contribution in [-0.2, 0) is 33.5 Å². The smallest absolute Gasteiger partial charge is 0.299 e. The second-order valence-electron chi connectivity index (χ2n) is 7.11. The molecule has 126 valence electrons. The molecule has 0 aliphatic heterocycles. The molecule has 5 nitrogen and oxygen atoms in total. The van der Waals surface area contributed by atoms with E-state index in [-0.39, 0.29) is 11.2 Å². The zero-order valence-corrected chi connectivity index (χ0v) is 14.2. The van der Waals surface area contributed by atoms with E-state index in [1.807, 2.05) is 0 Å². The zero-order chi connectivity index (χ0) is 16.8. The predicted molar refractivity (Wildman–Crippen MR) is 93.1 cm³/mol. The van der Waals surface area contributed by atoms with Gasteiger partial charge in [0.1, 0.15) is 0 Å². The van der Waals surface area contributed by atoms with Crippen LogP contribution in [0, 0.1) is 0 Å². The summed E-state index contributed by atoms with van der Waals surface area (Å²) >= 11 is 0. The van der Waals surface area contributed by atoms with Gasteiger partial charge in [0.05, 0.1) is 0 Å². The van der Waals surface area contributed by atoms with Crippen molar-refractivity contribution >= 4 is 0 Å². The zero-order valence-electron chi connectivity index (χ0n) is 14.2. The molecule has 4 rings (SSSR count). The number of nitrogens with zero attached hydrogens (tertiary/aromatic N) is 3. The van der Waals surface area contributed by atoms with Crippen LogP contribution in [0.3, 0.4) is 0 Å². The van der Waals surface area contributed by atoms with Gasteiger partial charge in [-0.2, -0.15) is 0 Å². The number of fused-ring (bicyclic) bond motifs is 1. The van der Waals surface area contributed by atoms with Gasteiger partial charge < -0.3 is 0 Å². The van der Waals surface area contributed by atoms with Gasteiger partial charge in [0.25, 0.3) is 5.56 Å². The first-order valence-electron chi connectivity index (χ1n) is 8.63. The molecule has 0 unspecified atom stereocenters. The van der Waals surface area contributed by atoms with E-state index < -0.39 is 0 Å². The summed E-state index contributed by atoms with van der Waals surface area (Å²) in [6.07, 6.45) is 4.55. The van der Waals surface area contributed by atoms with Gasteiger partial charge in [-0.25, -0.2) is 4.79 Å². The van der Waals surface area contributed by atoms with Gasteiger partial charge in [0, 0.05) is 44.5 Å². The van der Waals surface area contributed by atoms with Gasteiger partial charge in [0.2, 0.25) is 0 Å². The molecule has 0 saturated heterocycles. The Morgan fingerprint density at radius 2 is 1.62 bits per heavy atom. The molecule has 0 N–H and O–H groups in total. The topological polar surface area (TPSA) is 47.2 Å². The summed E-state index contributed by atoms with van der Waals surface area (Å²) in [6, 6.07) is 11.3. The van der Waals surface area contributed by atoms with Crippen LogP contribution >= 0.6 is 0 Å². The molecule has 0 atom stereocenters. The Morgan fingerprint density at radius 3 is 2.21 bits per heavy atom. The van der Waals surface area contributed by atoms with Crippen LogP contribution in [0.2, 0.25) is 0 Å². The third-order valence-electron chi connectivity index (χ3n) is 5.48. The highest BCUT2D eigenvalue weighted by Gasteiger charge is 2.37. The molecule has 5 heteroatoms. The first-order valence-corrected chi connectivity index (χ1v) is 8.63. The summed E-state index contributed by atoms with van der Waals surface area (Å²) in [6.45, 7) is 0.672. The molecule has 1 aromatic carbocycles. The van der Waals surface area contributed by atoms with Crippen molar-refractivity contribution in [3.05, 3.63) is 68.0 Å². The maximum atomic E-state index is 12.2. The second kappa shape index (κ2) is 5.74. The minimum absolute atomic E-state index is 0.224. The lowest BCUT2D eigenvalue weighted by atomic mass is 10.1. The molecule has 0 bridgehead atoms. The second-order valence-corrected chi connectivity index (χ2v) is 7.11. The first-order chi connectivity index (χ1) is 11.5. The minimum Gasteiger partial charge on any atom is -0.299 e. The van der Waals surface area contributed by atoms with Crippen molar-refractivity contribution in [2.45, 2.75) is 44.3 Å². The average molecular weight is 325 g/mol. The lowest BCUT2D eigenvalue weighted by Crippen LogP contribution is -2.42. The van der Waals surface area contributed by atoms with Gasteiger partial charge in [0.15, 0.2) is 0 Å². The molecule has 2 aromatic rings. The Hall–Kier alpha value is -2.14. The van der Waals surface area contributed by atoms with Gasteiger partial charge in [-0.05, 0) is 36.8 Å². The van der Waals surface area contributed by atoms with Crippen molar-refractivity contribution in [3.63, 3.8) is 0 Å². The van der Waals surface area contributed by atoms with Gasteiger partial charge in [-0.15, -0.1) is 0 Å². The molecule has 1 saturated carbocycles. The molecule has 1 aromatic heterocycles. The third-order valence-corrected chi connectivity index (χ3v) is 5.48. The van der Waals surface area contributed by atoms with Crippen molar-refractivity contribution in [2.75, 3.05) is 0 Å². The van der Waals surface area contributed by atoms with E-state index in [0.717, 1.165) is 23.1 Å². The molecule has 0 amide bonds. The Morgan fingerprint density at radius 1 is 1.00 bits per heavy atom.